The number of benzene rings is 1. The van der Waals surface area contributed by atoms with Crippen molar-refractivity contribution in [3.05, 3.63) is 22.7 Å². The third-order valence-electron chi connectivity index (χ3n) is 3.98. The molecule has 0 saturated heterocycles. The van der Waals surface area contributed by atoms with Crippen LogP contribution in [0.2, 0.25) is 5.02 Å². The highest BCUT2D eigenvalue weighted by atomic mass is 35.5. The molecule has 1 aromatic carbocycles. The van der Waals surface area contributed by atoms with Crippen LogP contribution in [0, 0.1) is 12.8 Å². The number of halogens is 1. The van der Waals surface area contributed by atoms with Crippen LogP contribution in [0.4, 0.5) is 11.4 Å². The minimum atomic E-state index is 0.658. The molecule has 0 aliphatic heterocycles. The van der Waals surface area contributed by atoms with Crippen LogP contribution >= 0.6 is 11.6 Å². The third-order valence-corrected chi connectivity index (χ3v) is 4.31. The minimum absolute atomic E-state index is 0.658. The van der Waals surface area contributed by atoms with E-state index in [0.717, 1.165) is 12.5 Å². The lowest BCUT2D eigenvalue weighted by Gasteiger charge is -2.29. The Hall–Kier alpha value is -0.890. The van der Waals surface area contributed by atoms with Gasteiger partial charge in [0.15, 0.2) is 0 Å². The van der Waals surface area contributed by atoms with Crippen molar-refractivity contribution in [2.24, 2.45) is 5.92 Å². The number of hydrogen-bond donors (Lipinski definition) is 1. The smallest absolute Gasteiger partial charge is 0.0656 e. The molecule has 0 bridgehead atoms. The van der Waals surface area contributed by atoms with Crippen LogP contribution in [0.5, 0.6) is 0 Å². The van der Waals surface area contributed by atoms with E-state index < -0.39 is 0 Å². The molecule has 0 aromatic heterocycles. The highest BCUT2D eigenvalue weighted by molar-refractivity contribution is 6.33. The van der Waals surface area contributed by atoms with Gasteiger partial charge in [0, 0.05) is 19.3 Å². The standard InChI is InChI=1S/C15H23ClN2/c1-11-8-14(17)13(16)9-15(11)18(2)10-12-6-4-3-5-7-12/h8-9,12H,3-7,10,17H2,1-2H3. The molecule has 18 heavy (non-hydrogen) atoms. The van der Waals surface area contributed by atoms with Gasteiger partial charge in [-0.05, 0) is 43.4 Å². The summed E-state index contributed by atoms with van der Waals surface area (Å²) in [6.07, 6.45) is 6.92. The second kappa shape index (κ2) is 5.83. The fraction of sp³-hybridized carbons (Fsp3) is 0.600. The van der Waals surface area contributed by atoms with E-state index in [1.54, 1.807) is 0 Å². The Morgan fingerprint density at radius 2 is 1.94 bits per heavy atom. The number of aryl methyl sites for hydroxylation is 1. The number of nitrogens with two attached hydrogens (primary N) is 1. The van der Waals surface area contributed by atoms with Gasteiger partial charge in [-0.2, -0.15) is 0 Å². The Morgan fingerprint density at radius 3 is 2.61 bits per heavy atom. The molecule has 0 spiro atoms. The van der Waals surface area contributed by atoms with Gasteiger partial charge < -0.3 is 10.6 Å². The van der Waals surface area contributed by atoms with Crippen LogP contribution in [-0.4, -0.2) is 13.6 Å². The van der Waals surface area contributed by atoms with E-state index >= 15 is 0 Å². The van der Waals surface area contributed by atoms with Crippen molar-refractivity contribution in [2.75, 3.05) is 24.2 Å². The molecule has 0 heterocycles. The fourth-order valence-corrected chi connectivity index (χ4v) is 3.12. The summed E-state index contributed by atoms with van der Waals surface area (Å²) in [6, 6.07) is 3.96. The van der Waals surface area contributed by atoms with E-state index in [4.69, 9.17) is 17.3 Å². The van der Waals surface area contributed by atoms with Crippen LogP contribution in [0.3, 0.4) is 0 Å². The normalized spacial score (nSPS) is 16.8. The molecule has 1 saturated carbocycles. The van der Waals surface area contributed by atoms with E-state index in [2.05, 4.69) is 18.9 Å². The molecule has 0 unspecified atom stereocenters. The topological polar surface area (TPSA) is 29.3 Å². The van der Waals surface area contributed by atoms with Crippen molar-refractivity contribution < 1.29 is 0 Å². The second-order valence-electron chi connectivity index (χ2n) is 5.54. The fourth-order valence-electron chi connectivity index (χ4n) is 2.96. The number of nitrogen functional groups attached to an aromatic ring is 1. The van der Waals surface area contributed by atoms with Crippen LogP contribution in [0.25, 0.3) is 0 Å². The van der Waals surface area contributed by atoms with Gasteiger partial charge in [-0.15, -0.1) is 0 Å². The first-order valence-electron chi connectivity index (χ1n) is 6.84. The minimum Gasteiger partial charge on any atom is -0.398 e. The van der Waals surface area contributed by atoms with Crippen molar-refractivity contribution in [2.45, 2.75) is 39.0 Å². The Balaban J connectivity index is 2.08. The lowest BCUT2D eigenvalue weighted by molar-refractivity contribution is 0.362. The van der Waals surface area contributed by atoms with Gasteiger partial charge in [-0.3, -0.25) is 0 Å². The molecular weight excluding hydrogens is 244 g/mol. The highest BCUT2D eigenvalue weighted by Crippen LogP contribution is 2.31. The Kier molecular flexibility index (Phi) is 4.39. The van der Waals surface area contributed by atoms with Crippen LogP contribution in [0.15, 0.2) is 12.1 Å². The lowest BCUT2D eigenvalue weighted by atomic mass is 9.89. The molecule has 1 aliphatic rings. The van der Waals surface area contributed by atoms with Gasteiger partial charge in [0.25, 0.3) is 0 Å². The summed E-state index contributed by atoms with van der Waals surface area (Å²) in [7, 11) is 2.16. The Morgan fingerprint density at radius 1 is 1.28 bits per heavy atom. The van der Waals surface area contributed by atoms with Crippen LogP contribution in [0.1, 0.15) is 37.7 Å². The average molecular weight is 267 g/mol. The molecule has 0 radical (unpaired) electrons. The molecule has 2 rings (SSSR count). The molecule has 100 valence electrons. The Labute approximate surface area is 115 Å². The van der Waals surface area contributed by atoms with Gasteiger partial charge in [0.2, 0.25) is 0 Å². The molecule has 1 aromatic rings. The molecular formula is C15H23ClN2. The first-order chi connectivity index (χ1) is 8.58. The summed E-state index contributed by atoms with van der Waals surface area (Å²) < 4.78 is 0. The molecule has 1 aliphatic carbocycles. The molecule has 0 atom stereocenters. The number of rotatable bonds is 3. The zero-order valence-corrected chi connectivity index (χ0v) is 12.1. The summed E-state index contributed by atoms with van der Waals surface area (Å²) >= 11 is 6.12. The second-order valence-corrected chi connectivity index (χ2v) is 5.95. The SMILES string of the molecule is Cc1cc(N)c(Cl)cc1N(C)CC1CCCCC1. The maximum atomic E-state index is 6.12. The maximum Gasteiger partial charge on any atom is 0.0656 e. The summed E-state index contributed by atoms with van der Waals surface area (Å²) in [5.41, 5.74) is 8.91. The third kappa shape index (κ3) is 3.11. The van der Waals surface area contributed by atoms with Crippen LogP contribution < -0.4 is 10.6 Å². The van der Waals surface area contributed by atoms with Crippen molar-refractivity contribution in [3.63, 3.8) is 0 Å². The predicted octanol–water partition coefficient (Wildman–Crippen LogP) is 4.25. The lowest BCUT2D eigenvalue weighted by Crippen LogP contribution is -2.27. The van der Waals surface area contributed by atoms with Gasteiger partial charge in [0.1, 0.15) is 0 Å². The molecule has 2 N–H and O–H groups in total. The summed E-state index contributed by atoms with van der Waals surface area (Å²) in [5.74, 6) is 0.833. The summed E-state index contributed by atoms with van der Waals surface area (Å²) in [5, 5.41) is 0.658. The van der Waals surface area contributed by atoms with Gasteiger partial charge in [-0.1, -0.05) is 30.9 Å². The maximum absolute atomic E-state index is 6.12. The van der Waals surface area contributed by atoms with E-state index in [1.165, 1.54) is 43.4 Å². The van der Waals surface area contributed by atoms with E-state index in [-0.39, 0.29) is 0 Å². The monoisotopic (exact) mass is 266 g/mol. The van der Waals surface area contributed by atoms with Crippen molar-refractivity contribution in [1.29, 1.82) is 0 Å². The first-order valence-corrected chi connectivity index (χ1v) is 7.22. The molecule has 0 amide bonds. The van der Waals surface area contributed by atoms with E-state index in [9.17, 15) is 0 Å². The average Bonchev–Trinajstić information content (AvgIpc) is 2.35. The van der Waals surface area contributed by atoms with Gasteiger partial charge in [0.05, 0.1) is 10.7 Å². The van der Waals surface area contributed by atoms with Gasteiger partial charge >= 0.3 is 0 Å². The van der Waals surface area contributed by atoms with Crippen LogP contribution in [-0.2, 0) is 0 Å². The number of hydrogen-bond acceptors (Lipinski definition) is 2. The van der Waals surface area contributed by atoms with Crippen molar-refractivity contribution >= 4 is 23.0 Å². The molecule has 1 fully saturated rings. The summed E-state index contributed by atoms with van der Waals surface area (Å²) in [6.45, 7) is 3.22. The van der Waals surface area contributed by atoms with Crippen molar-refractivity contribution in [1.82, 2.24) is 0 Å². The number of anilines is 2. The first kappa shape index (κ1) is 13.5. The van der Waals surface area contributed by atoms with Crippen molar-refractivity contribution in [3.8, 4) is 0 Å². The largest absolute Gasteiger partial charge is 0.398 e. The molecule has 2 nitrogen and oxygen atoms in total. The highest BCUT2D eigenvalue weighted by Gasteiger charge is 2.17. The quantitative estimate of drug-likeness (QED) is 0.829. The predicted molar refractivity (Wildman–Crippen MR) is 80.4 cm³/mol. The zero-order chi connectivity index (χ0) is 13.1. The van der Waals surface area contributed by atoms with E-state index in [0.29, 0.717) is 10.7 Å². The number of nitrogens with zero attached hydrogens (tertiary/aromatic N) is 1. The molecule has 3 heteroatoms. The Bertz CT molecular complexity index is 411. The summed E-state index contributed by atoms with van der Waals surface area (Å²) in [4.78, 5) is 2.33. The zero-order valence-electron chi connectivity index (χ0n) is 11.4. The van der Waals surface area contributed by atoms with Gasteiger partial charge in [-0.25, -0.2) is 0 Å². The van der Waals surface area contributed by atoms with E-state index in [1.807, 2.05) is 12.1 Å².